The summed E-state index contributed by atoms with van der Waals surface area (Å²) < 4.78 is 5.83. The molecule has 1 saturated heterocycles. The van der Waals surface area contributed by atoms with E-state index in [2.05, 4.69) is 27.7 Å². The molecular formula is C21H27ClN2O2S. The van der Waals surface area contributed by atoms with Crippen LogP contribution in [0, 0.1) is 0 Å². The van der Waals surface area contributed by atoms with Gasteiger partial charge in [0.1, 0.15) is 5.75 Å². The number of halogens is 1. The van der Waals surface area contributed by atoms with E-state index in [1.165, 1.54) is 17.7 Å². The number of carbonyl (C=O) groups is 1. The molecule has 1 N–H and O–H groups in total. The van der Waals surface area contributed by atoms with Crippen molar-refractivity contribution < 1.29 is 9.53 Å². The Morgan fingerprint density at radius 1 is 1.26 bits per heavy atom. The van der Waals surface area contributed by atoms with Crippen LogP contribution in [0.25, 0.3) is 0 Å². The van der Waals surface area contributed by atoms with E-state index in [1.807, 2.05) is 11.3 Å². The highest BCUT2D eigenvalue weighted by Gasteiger charge is 2.30. The number of likely N-dealkylation sites (tertiary alicyclic amines) is 1. The van der Waals surface area contributed by atoms with E-state index in [4.69, 9.17) is 16.3 Å². The number of nitrogens with zero attached hydrogens (tertiary/aromatic N) is 1. The van der Waals surface area contributed by atoms with Crippen LogP contribution in [0.2, 0.25) is 5.02 Å². The van der Waals surface area contributed by atoms with Crippen molar-refractivity contribution in [3.05, 3.63) is 51.7 Å². The number of ether oxygens (including phenoxy) is 1. The Kier molecular flexibility index (Phi) is 6.79. The second-order valence-corrected chi connectivity index (χ2v) is 8.87. The Morgan fingerprint density at radius 2 is 1.96 bits per heavy atom. The molecule has 2 aromatic rings. The fourth-order valence-electron chi connectivity index (χ4n) is 3.35. The zero-order valence-corrected chi connectivity index (χ0v) is 17.5. The van der Waals surface area contributed by atoms with Crippen molar-refractivity contribution in [2.75, 3.05) is 26.2 Å². The molecule has 0 bridgehead atoms. The summed E-state index contributed by atoms with van der Waals surface area (Å²) in [6.45, 7) is 7.25. The number of nitrogens with one attached hydrogen (secondary N) is 1. The van der Waals surface area contributed by atoms with Crippen LogP contribution in [0.1, 0.15) is 37.5 Å². The van der Waals surface area contributed by atoms with Gasteiger partial charge < -0.3 is 15.0 Å². The molecule has 1 aliphatic heterocycles. The van der Waals surface area contributed by atoms with Crippen LogP contribution in [0.5, 0.6) is 5.75 Å². The third-order valence-electron chi connectivity index (χ3n) is 4.98. The van der Waals surface area contributed by atoms with E-state index in [-0.39, 0.29) is 5.91 Å². The Balaban J connectivity index is 1.39. The van der Waals surface area contributed by atoms with E-state index in [1.54, 1.807) is 38.1 Å². The van der Waals surface area contributed by atoms with Crippen LogP contribution in [0.3, 0.4) is 0 Å². The normalized spacial score (nSPS) is 16.3. The molecule has 27 heavy (non-hydrogen) atoms. The predicted molar refractivity (Wildman–Crippen MR) is 112 cm³/mol. The quantitative estimate of drug-likeness (QED) is 0.733. The van der Waals surface area contributed by atoms with Crippen molar-refractivity contribution in [2.45, 2.75) is 38.2 Å². The highest BCUT2D eigenvalue weighted by atomic mass is 35.5. The average molecular weight is 407 g/mol. The molecule has 4 nitrogen and oxygen atoms in total. The molecule has 1 aromatic carbocycles. The van der Waals surface area contributed by atoms with Crippen molar-refractivity contribution in [1.29, 1.82) is 0 Å². The van der Waals surface area contributed by atoms with Crippen LogP contribution in [-0.4, -0.2) is 42.6 Å². The molecule has 1 amide bonds. The SMILES string of the molecule is CC(C)(Oc1ccc(Cl)cc1)C(=O)NCCN1CCC(c2cccs2)CC1. The molecule has 1 fully saturated rings. The summed E-state index contributed by atoms with van der Waals surface area (Å²) in [6, 6.07) is 11.4. The van der Waals surface area contributed by atoms with E-state index < -0.39 is 5.60 Å². The van der Waals surface area contributed by atoms with Gasteiger partial charge in [0.15, 0.2) is 5.60 Å². The molecule has 3 rings (SSSR count). The minimum Gasteiger partial charge on any atom is -0.478 e. The van der Waals surface area contributed by atoms with E-state index in [0.29, 0.717) is 23.2 Å². The molecule has 6 heteroatoms. The third kappa shape index (κ3) is 5.71. The molecule has 0 aliphatic carbocycles. The number of piperidine rings is 1. The maximum absolute atomic E-state index is 12.5. The van der Waals surface area contributed by atoms with Gasteiger partial charge >= 0.3 is 0 Å². The first kappa shape index (κ1) is 20.2. The van der Waals surface area contributed by atoms with Crippen molar-refractivity contribution in [1.82, 2.24) is 10.2 Å². The van der Waals surface area contributed by atoms with Gasteiger partial charge in [-0.1, -0.05) is 17.7 Å². The smallest absolute Gasteiger partial charge is 0.263 e. The standard InChI is InChI=1S/C21H27ClN2O2S/c1-21(2,26-18-7-5-17(22)6-8-18)20(25)23-11-14-24-12-9-16(10-13-24)19-4-3-15-27-19/h3-8,15-16H,9-14H2,1-2H3,(H,23,25). The van der Waals surface area contributed by atoms with Crippen molar-refractivity contribution in [3.63, 3.8) is 0 Å². The van der Waals surface area contributed by atoms with Gasteiger partial charge in [0.25, 0.3) is 5.91 Å². The minimum atomic E-state index is -0.931. The second-order valence-electron chi connectivity index (χ2n) is 7.45. The summed E-state index contributed by atoms with van der Waals surface area (Å²) in [5.74, 6) is 1.23. The third-order valence-corrected chi connectivity index (χ3v) is 6.27. The van der Waals surface area contributed by atoms with Gasteiger partial charge in [-0.15, -0.1) is 11.3 Å². The first-order valence-electron chi connectivity index (χ1n) is 9.43. The zero-order valence-electron chi connectivity index (χ0n) is 15.9. The van der Waals surface area contributed by atoms with Gasteiger partial charge in [-0.25, -0.2) is 0 Å². The first-order valence-corrected chi connectivity index (χ1v) is 10.7. The summed E-state index contributed by atoms with van der Waals surface area (Å²) in [5.41, 5.74) is -0.931. The second kappa shape index (κ2) is 9.09. The summed E-state index contributed by atoms with van der Waals surface area (Å²) in [4.78, 5) is 16.4. The molecule has 0 unspecified atom stereocenters. The summed E-state index contributed by atoms with van der Waals surface area (Å²) in [7, 11) is 0. The Morgan fingerprint density at radius 3 is 2.59 bits per heavy atom. The van der Waals surface area contributed by atoms with E-state index >= 15 is 0 Å². The van der Waals surface area contributed by atoms with Crippen LogP contribution in [-0.2, 0) is 4.79 Å². The summed E-state index contributed by atoms with van der Waals surface area (Å²) >= 11 is 7.75. The molecule has 0 spiro atoms. The van der Waals surface area contributed by atoms with Gasteiger partial charge in [-0.2, -0.15) is 0 Å². The number of amides is 1. The number of thiophene rings is 1. The van der Waals surface area contributed by atoms with Gasteiger partial charge in [-0.3, -0.25) is 4.79 Å². The van der Waals surface area contributed by atoms with Gasteiger partial charge in [0.05, 0.1) is 0 Å². The number of benzene rings is 1. The number of rotatable bonds is 7. The Labute approximate surface area is 170 Å². The lowest BCUT2D eigenvalue weighted by molar-refractivity contribution is -0.134. The Hall–Kier alpha value is -1.56. The molecule has 1 aromatic heterocycles. The largest absolute Gasteiger partial charge is 0.478 e. The molecule has 1 aliphatic rings. The maximum atomic E-state index is 12.5. The first-order chi connectivity index (χ1) is 12.9. The Bertz CT molecular complexity index is 723. The topological polar surface area (TPSA) is 41.6 Å². The number of carbonyl (C=O) groups excluding carboxylic acids is 1. The highest BCUT2D eigenvalue weighted by molar-refractivity contribution is 7.10. The van der Waals surface area contributed by atoms with Crippen molar-refractivity contribution in [3.8, 4) is 5.75 Å². The van der Waals surface area contributed by atoms with Crippen LogP contribution in [0.15, 0.2) is 41.8 Å². The summed E-state index contributed by atoms with van der Waals surface area (Å²) in [6.07, 6.45) is 2.39. The van der Waals surface area contributed by atoms with Crippen LogP contribution < -0.4 is 10.1 Å². The molecule has 0 saturated carbocycles. The molecular weight excluding hydrogens is 380 g/mol. The van der Waals surface area contributed by atoms with Crippen LogP contribution in [0.4, 0.5) is 0 Å². The van der Waals surface area contributed by atoms with Crippen LogP contribution >= 0.6 is 22.9 Å². The summed E-state index contributed by atoms with van der Waals surface area (Å²) in [5, 5.41) is 5.81. The number of hydrogen-bond donors (Lipinski definition) is 1. The highest BCUT2D eigenvalue weighted by Crippen LogP contribution is 2.30. The lowest BCUT2D eigenvalue weighted by Gasteiger charge is -2.32. The molecule has 0 radical (unpaired) electrons. The van der Waals surface area contributed by atoms with Gasteiger partial charge in [-0.05, 0) is 81.4 Å². The molecule has 146 valence electrons. The van der Waals surface area contributed by atoms with E-state index in [0.717, 1.165) is 19.6 Å². The number of hydrogen-bond acceptors (Lipinski definition) is 4. The minimum absolute atomic E-state index is 0.106. The molecule has 0 atom stereocenters. The average Bonchev–Trinajstić information content (AvgIpc) is 3.19. The van der Waals surface area contributed by atoms with Crippen molar-refractivity contribution in [2.24, 2.45) is 0 Å². The lowest BCUT2D eigenvalue weighted by atomic mass is 9.95. The molecule has 2 heterocycles. The van der Waals surface area contributed by atoms with Crippen molar-refractivity contribution >= 4 is 28.8 Å². The predicted octanol–water partition coefficient (Wildman–Crippen LogP) is 4.55. The van der Waals surface area contributed by atoms with Gasteiger partial charge in [0.2, 0.25) is 0 Å². The fourth-order valence-corrected chi connectivity index (χ4v) is 4.37. The maximum Gasteiger partial charge on any atom is 0.263 e. The van der Waals surface area contributed by atoms with Gasteiger partial charge in [0, 0.05) is 23.0 Å². The monoisotopic (exact) mass is 406 g/mol. The zero-order chi connectivity index (χ0) is 19.3. The van der Waals surface area contributed by atoms with E-state index in [9.17, 15) is 4.79 Å². The fraction of sp³-hybridized carbons (Fsp3) is 0.476. The lowest BCUT2D eigenvalue weighted by Crippen LogP contribution is -2.48.